The molecule has 0 atom stereocenters. The molecular weight excluding hydrogens is 474 g/mol. The highest BCUT2D eigenvalue weighted by atomic mass is 35.5. The third-order valence-corrected chi connectivity index (χ3v) is 5.03. The summed E-state index contributed by atoms with van der Waals surface area (Å²) in [6.07, 6.45) is 3.17. The van der Waals surface area contributed by atoms with Crippen LogP contribution in [-0.2, 0) is 13.2 Å². The monoisotopic (exact) mass is 489 g/mol. The number of rotatable bonds is 7. The summed E-state index contributed by atoms with van der Waals surface area (Å²) in [5, 5.41) is 7.54. The molecule has 0 unspecified atom stereocenters. The van der Waals surface area contributed by atoms with Gasteiger partial charge < -0.3 is 10.1 Å². The smallest absolute Gasteiger partial charge is 0.255 e. The van der Waals surface area contributed by atoms with Crippen LogP contribution in [0.4, 0.5) is 23.2 Å². The molecule has 0 fully saturated rings. The van der Waals surface area contributed by atoms with Gasteiger partial charge in [-0.15, -0.1) is 0 Å². The van der Waals surface area contributed by atoms with E-state index < -0.39 is 34.9 Å². The van der Waals surface area contributed by atoms with E-state index in [0.29, 0.717) is 28.4 Å². The Kier molecular flexibility index (Phi) is 6.83. The molecule has 4 aromatic rings. The van der Waals surface area contributed by atoms with Gasteiger partial charge in [0.25, 0.3) is 5.91 Å². The van der Waals surface area contributed by atoms with Crippen molar-refractivity contribution in [2.45, 2.75) is 13.2 Å². The topological polar surface area (TPSA) is 56.2 Å². The molecule has 0 saturated heterocycles. The van der Waals surface area contributed by atoms with Crippen molar-refractivity contribution in [3.05, 3.63) is 112 Å². The van der Waals surface area contributed by atoms with Crippen molar-refractivity contribution >= 4 is 23.2 Å². The SMILES string of the molecule is O=C(Nc1cnn(Cc2cccc(Cl)c2)c1)c1ccc(COc2c(F)c(F)cc(F)c2F)cc1. The van der Waals surface area contributed by atoms with Gasteiger partial charge in [0, 0.05) is 22.8 Å². The highest BCUT2D eigenvalue weighted by Crippen LogP contribution is 2.27. The van der Waals surface area contributed by atoms with E-state index >= 15 is 0 Å². The first-order valence-corrected chi connectivity index (χ1v) is 10.3. The zero-order chi connectivity index (χ0) is 24.2. The van der Waals surface area contributed by atoms with E-state index in [-0.39, 0.29) is 12.7 Å². The fourth-order valence-corrected chi connectivity index (χ4v) is 3.34. The lowest BCUT2D eigenvalue weighted by Gasteiger charge is -2.10. The van der Waals surface area contributed by atoms with E-state index in [1.54, 1.807) is 16.9 Å². The maximum absolute atomic E-state index is 13.7. The van der Waals surface area contributed by atoms with E-state index in [1.165, 1.54) is 30.5 Å². The molecule has 0 bridgehead atoms. The van der Waals surface area contributed by atoms with Crippen molar-refractivity contribution in [2.24, 2.45) is 0 Å². The predicted molar refractivity (Wildman–Crippen MR) is 118 cm³/mol. The molecule has 4 rings (SSSR count). The molecule has 0 radical (unpaired) electrons. The van der Waals surface area contributed by atoms with E-state index in [2.05, 4.69) is 10.4 Å². The molecule has 1 N–H and O–H groups in total. The summed E-state index contributed by atoms with van der Waals surface area (Å²) >= 11 is 5.98. The lowest BCUT2D eigenvalue weighted by atomic mass is 10.1. The quantitative estimate of drug-likeness (QED) is 0.257. The normalized spacial score (nSPS) is 10.9. The second-order valence-electron chi connectivity index (χ2n) is 7.29. The van der Waals surface area contributed by atoms with Gasteiger partial charge in [0.2, 0.25) is 11.6 Å². The van der Waals surface area contributed by atoms with Crippen LogP contribution in [0.3, 0.4) is 0 Å². The Morgan fingerprint density at radius 1 is 0.971 bits per heavy atom. The minimum absolute atomic E-state index is 0.103. The Balaban J connectivity index is 1.36. The number of carbonyl (C=O) groups excluding carboxylic acids is 1. The number of carbonyl (C=O) groups is 1. The summed E-state index contributed by atoms with van der Waals surface area (Å²) in [7, 11) is 0. The van der Waals surface area contributed by atoms with E-state index in [0.717, 1.165) is 5.56 Å². The molecule has 1 aromatic heterocycles. The number of hydrogen-bond acceptors (Lipinski definition) is 3. The number of ether oxygens (including phenoxy) is 1. The number of nitrogens with one attached hydrogen (secondary N) is 1. The Hall–Kier alpha value is -3.85. The fourth-order valence-electron chi connectivity index (χ4n) is 3.13. The minimum Gasteiger partial charge on any atom is -0.483 e. The standard InChI is InChI=1S/C24H16ClF4N3O2/c25-17-3-1-2-15(8-17)11-32-12-18(10-30-32)31-24(33)16-6-4-14(5-7-16)13-34-23-21(28)19(26)9-20(27)22(23)29/h1-10,12H,11,13H2,(H,31,33). The number of hydrogen-bond donors (Lipinski definition) is 1. The van der Waals surface area contributed by atoms with Crippen molar-refractivity contribution in [1.29, 1.82) is 0 Å². The molecule has 0 aliphatic carbocycles. The van der Waals surface area contributed by atoms with Crippen LogP contribution in [0, 0.1) is 23.3 Å². The van der Waals surface area contributed by atoms with E-state index in [9.17, 15) is 22.4 Å². The number of nitrogens with zero attached hydrogens (tertiary/aromatic N) is 2. The molecule has 174 valence electrons. The molecule has 0 aliphatic heterocycles. The fraction of sp³-hybridized carbons (Fsp3) is 0.0833. The van der Waals surface area contributed by atoms with Gasteiger partial charge >= 0.3 is 0 Å². The van der Waals surface area contributed by atoms with Gasteiger partial charge in [-0.05, 0) is 35.4 Å². The summed E-state index contributed by atoms with van der Waals surface area (Å²) < 4.78 is 60.5. The van der Waals surface area contributed by atoms with Crippen LogP contribution in [0.15, 0.2) is 67.0 Å². The van der Waals surface area contributed by atoms with Crippen LogP contribution in [0.25, 0.3) is 0 Å². The molecule has 0 saturated carbocycles. The van der Waals surface area contributed by atoms with E-state index in [4.69, 9.17) is 16.3 Å². The zero-order valence-corrected chi connectivity index (χ0v) is 18.1. The Morgan fingerprint density at radius 2 is 1.68 bits per heavy atom. The maximum Gasteiger partial charge on any atom is 0.255 e. The lowest BCUT2D eigenvalue weighted by Crippen LogP contribution is -2.11. The summed E-state index contributed by atoms with van der Waals surface area (Å²) in [6.45, 7) is 0.108. The van der Waals surface area contributed by atoms with E-state index in [1.807, 2.05) is 18.2 Å². The number of halogens is 5. The average molecular weight is 490 g/mol. The summed E-state index contributed by atoms with van der Waals surface area (Å²) in [5.74, 6) is -7.90. The zero-order valence-electron chi connectivity index (χ0n) is 17.4. The van der Waals surface area contributed by atoms with Crippen molar-refractivity contribution in [1.82, 2.24) is 9.78 Å². The first-order chi connectivity index (χ1) is 16.3. The molecule has 10 heteroatoms. The second-order valence-corrected chi connectivity index (χ2v) is 7.73. The number of benzene rings is 3. The Bertz CT molecular complexity index is 1320. The molecular formula is C24H16ClF4N3O2. The largest absolute Gasteiger partial charge is 0.483 e. The van der Waals surface area contributed by atoms with Crippen molar-refractivity contribution in [3.63, 3.8) is 0 Å². The first kappa shape index (κ1) is 23.3. The minimum atomic E-state index is -1.62. The lowest BCUT2D eigenvalue weighted by molar-refractivity contribution is 0.102. The highest BCUT2D eigenvalue weighted by molar-refractivity contribution is 6.30. The van der Waals surface area contributed by atoms with Gasteiger partial charge in [-0.25, -0.2) is 8.78 Å². The molecule has 1 amide bonds. The third kappa shape index (κ3) is 5.37. The van der Waals surface area contributed by atoms with Gasteiger partial charge in [-0.2, -0.15) is 13.9 Å². The van der Waals surface area contributed by atoms with Crippen LogP contribution in [0.1, 0.15) is 21.5 Å². The van der Waals surface area contributed by atoms with Gasteiger partial charge in [-0.3, -0.25) is 9.48 Å². The van der Waals surface area contributed by atoms with Crippen molar-refractivity contribution in [3.8, 4) is 5.75 Å². The molecule has 0 spiro atoms. The first-order valence-electron chi connectivity index (χ1n) is 9.93. The molecule has 34 heavy (non-hydrogen) atoms. The van der Waals surface area contributed by atoms with Crippen molar-refractivity contribution in [2.75, 3.05) is 5.32 Å². The van der Waals surface area contributed by atoms with Gasteiger partial charge in [-0.1, -0.05) is 35.9 Å². The molecule has 0 aliphatic rings. The van der Waals surface area contributed by atoms with Gasteiger partial charge in [0.05, 0.1) is 18.4 Å². The maximum atomic E-state index is 13.7. The molecule has 1 heterocycles. The van der Waals surface area contributed by atoms with Crippen LogP contribution in [-0.4, -0.2) is 15.7 Å². The van der Waals surface area contributed by atoms with Gasteiger partial charge in [0.1, 0.15) is 6.61 Å². The highest BCUT2D eigenvalue weighted by Gasteiger charge is 2.20. The van der Waals surface area contributed by atoms with Crippen LogP contribution < -0.4 is 10.1 Å². The predicted octanol–water partition coefficient (Wildman–Crippen LogP) is 5.97. The van der Waals surface area contributed by atoms with Gasteiger partial charge in [0.15, 0.2) is 17.4 Å². The Morgan fingerprint density at radius 3 is 2.35 bits per heavy atom. The van der Waals surface area contributed by atoms with Crippen LogP contribution >= 0.6 is 11.6 Å². The number of amides is 1. The molecule has 3 aromatic carbocycles. The summed E-state index contributed by atoms with van der Waals surface area (Å²) in [4.78, 5) is 12.5. The summed E-state index contributed by atoms with van der Waals surface area (Å²) in [5.41, 5.74) is 2.17. The molecule has 5 nitrogen and oxygen atoms in total. The second kappa shape index (κ2) is 9.96. The van der Waals surface area contributed by atoms with Crippen LogP contribution in [0.2, 0.25) is 5.02 Å². The summed E-state index contributed by atoms with van der Waals surface area (Å²) in [6, 6.07) is 13.4. The number of anilines is 1. The number of aromatic nitrogens is 2. The third-order valence-electron chi connectivity index (χ3n) is 4.80. The van der Waals surface area contributed by atoms with Crippen LogP contribution in [0.5, 0.6) is 5.75 Å². The average Bonchev–Trinajstić information content (AvgIpc) is 3.24. The van der Waals surface area contributed by atoms with Crippen molar-refractivity contribution < 1.29 is 27.1 Å². The Labute approximate surface area is 196 Å².